The van der Waals surface area contributed by atoms with Gasteiger partial charge in [-0.1, -0.05) is 66.7 Å². The van der Waals surface area contributed by atoms with Crippen molar-refractivity contribution in [1.82, 2.24) is 15.5 Å². The van der Waals surface area contributed by atoms with Crippen LogP contribution in [0.1, 0.15) is 61.0 Å². The third-order valence-electron chi connectivity index (χ3n) is 8.33. The van der Waals surface area contributed by atoms with Crippen LogP contribution in [0, 0.1) is 11.3 Å². The first-order valence-electron chi connectivity index (χ1n) is 17.3. The van der Waals surface area contributed by atoms with Crippen LogP contribution in [0.2, 0.25) is 0 Å². The van der Waals surface area contributed by atoms with Crippen LogP contribution in [0.4, 0.5) is 0 Å². The van der Waals surface area contributed by atoms with E-state index in [4.69, 9.17) is 23.7 Å². The van der Waals surface area contributed by atoms with E-state index in [0.29, 0.717) is 71.0 Å². The molecule has 286 valence electrons. The van der Waals surface area contributed by atoms with Gasteiger partial charge in [-0.2, -0.15) is 12.6 Å². The Morgan fingerprint density at radius 3 is 1.86 bits per heavy atom. The number of carboxylic acids is 1. The predicted octanol–water partition coefficient (Wildman–Crippen LogP) is 3.97. The summed E-state index contributed by atoms with van der Waals surface area (Å²) in [4.78, 5) is 40.9. The summed E-state index contributed by atoms with van der Waals surface area (Å²) in [7, 11) is 3.37. The van der Waals surface area contributed by atoms with Gasteiger partial charge >= 0.3 is 5.97 Å². The Labute approximate surface area is 305 Å². The van der Waals surface area contributed by atoms with Crippen molar-refractivity contribution in [3.8, 4) is 5.75 Å². The molecule has 1 rings (SSSR count). The molecule has 1 aromatic rings. The molecule has 1 aromatic carbocycles. The van der Waals surface area contributed by atoms with Gasteiger partial charge in [-0.3, -0.25) is 9.59 Å². The minimum atomic E-state index is -1.04. The van der Waals surface area contributed by atoms with Crippen molar-refractivity contribution in [2.75, 3.05) is 79.3 Å². The fourth-order valence-corrected chi connectivity index (χ4v) is 5.45. The third-order valence-corrected chi connectivity index (χ3v) is 8.52. The molecule has 12 nitrogen and oxygen atoms in total. The minimum absolute atomic E-state index is 0.0522. The number of ether oxygens (including phenoxy) is 5. The summed E-state index contributed by atoms with van der Waals surface area (Å²) in [5.74, 6) is -0.382. The van der Waals surface area contributed by atoms with E-state index in [1.807, 2.05) is 72.7 Å². The fraction of sp³-hybridized carbons (Fsp3) is 0.703. The van der Waals surface area contributed by atoms with Crippen LogP contribution in [0.3, 0.4) is 0 Å². The summed E-state index contributed by atoms with van der Waals surface area (Å²) in [6.07, 6.45) is 1.59. The van der Waals surface area contributed by atoms with Crippen LogP contribution in [0.15, 0.2) is 35.9 Å². The summed E-state index contributed by atoms with van der Waals surface area (Å²) >= 11 is 4.08. The lowest BCUT2D eigenvalue weighted by atomic mass is 9.76. The summed E-state index contributed by atoms with van der Waals surface area (Å²) < 4.78 is 27.8. The maximum Gasteiger partial charge on any atom is 0.331 e. The maximum absolute atomic E-state index is 13.9. The van der Waals surface area contributed by atoms with Gasteiger partial charge in [0.1, 0.15) is 18.4 Å². The Morgan fingerprint density at radius 2 is 1.40 bits per heavy atom. The summed E-state index contributed by atoms with van der Waals surface area (Å²) in [6.45, 7) is 19.3. The Balaban J connectivity index is 2.82. The Hall–Kier alpha value is -2.68. The highest BCUT2D eigenvalue weighted by Gasteiger charge is 2.41. The fourth-order valence-electron chi connectivity index (χ4n) is 5.32. The van der Waals surface area contributed by atoms with Crippen molar-refractivity contribution in [2.45, 2.75) is 78.9 Å². The number of hydrogen-bond donors (Lipinski definition) is 4. The van der Waals surface area contributed by atoms with Crippen LogP contribution >= 0.6 is 12.6 Å². The second-order valence-electron chi connectivity index (χ2n) is 14.1. The van der Waals surface area contributed by atoms with Crippen LogP contribution in [-0.4, -0.2) is 125 Å². The molecule has 0 aromatic heterocycles. The Morgan fingerprint density at radius 1 is 0.880 bits per heavy atom. The molecular weight excluding hydrogens is 662 g/mol. The van der Waals surface area contributed by atoms with Gasteiger partial charge in [0, 0.05) is 23.8 Å². The van der Waals surface area contributed by atoms with E-state index in [9.17, 15) is 19.5 Å². The van der Waals surface area contributed by atoms with E-state index in [0.717, 1.165) is 5.56 Å². The molecule has 0 fully saturated rings. The second-order valence-corrected chi connectivity index (χ2v) is 14.6. The maximum atomic E-state index is 13.9. The van der Waals surface area contributed by atoms with Crippen molar-refractivity contribution in [1.29, 1.82) is 0 Å². The van der Waals surface area contributed by atoms with Gasteiger partial charge in [-0.15, -0.1) is 0 Å². The van der Waals surface area contributed by atoms with Crippen molar-refractivity contribution < 1.29 is 43.2 Å². The largest absolute Gasteiger partial charge is 0.491 e. The van der Waals surface area contributed by atoms with Crippen LogP contribution in [-0.2, 0) is 38.7 Å². The molecule has 0 aliphatic carbocycles. The molecule has 3 atom stereocenters. The molecule has 0 aliphatic heterocycles. The minimum Gasteiger partial charge on any atom is -0.491 e. The van der Waals surface area contributed by atoms with E-state index in [1.165, 1.54) is 11.8 Å². The van der Waals surface area contributed by atoms with Gasteiger partial charge < -0.3 is 44.3 Å². The zero-order valence-corrected chi connectivity index (χ0v) is 32.8. The summed E-state index contributed by atoms with van der Waals surface area (Å²) in [5.41, 5.74) is -0.303. The molecule has 0 radical (unpaired) electrons. The molecule has 0 heterocycles. The number of amides is 2. The number of likely N-dealkylation sites (N-methyl/N-ethyl adjacent to an activating group) is 2. The van der Waals surface area contributed by atoms with Gasteiger partial charge in [-0.25, -0.2) is 4.79 Å². The van der Waals surface area contributed by atoms with Crippen LogP contribution in [0.5, 0.6) is 5.75 Å². The average Bonchev–Trinajstić information content (AvgIpc) is 3.05. The van der Waals surface area contributed by atoms with Gasteiger partial charge in [0.15, 0.2) is 0 Å². The van der Waals surface area contributed by atoms with Crippen LogP contribution in [0.25, 0.3) is 0 Å². The van der Waals surface area contributed by atoms with Crippen molar-refractivity contribution in [3.63, 3.8) is 0 Å². The van der Waals surface area contributed by atoms with Crippen molar-refractivity contribution >= 4 is 30.4 Å². The van der Waals surface area contributed by atoms with E-state index >= 15 is 0 Å². The molecule has 0 unspecified atom stereocenters. The SMILES string of the molecule is CN[C@H](C(=O)N[C@H](C(=O)N(C)[C@H](C=C(C)C(=O)O)C(C)C)C(C)(C)C)C(C)(C)c1cccc(OCCOCCOCCOCCOCCS)c1. The lowest BCUT2D eigenvalue weighted by Crippen LogP contribution is -2.61. The van der Waals surface area contributed by atoms with Crippen LogP contribution < -0.4 is 15.4 Å². The third kappa shape index (κ3) is 15.7. The highest BCUT2D eigenvalue weighted by Crippen LogP contribution is 2.31. The van der Waals surface area contributed by atoms with E-state index in [1.54, 1.807) is 20.2 Å². The number of thiol groups is 1. The first kappa shape index (κ1) is 45.3. The number of benzene rings is 1. The normalized spacial score (nSPS) is 14.3. The molecule has 0 spiro atoms. The number of carboxylic acid groups (broad SMARTS) is 1. The number of hydrogen-bond acceptors (Lipinski definition) is 10. The zero-order chi connectivity index (χ0) is 37.9. The lowest BCUT2D eigenvalue weighted by molar-refractivity contribution is -0.141. The van der Waals surface area contributed by atoms with Gasteiger partial charge in [-0.05, 0) is 43.0 Å². The monoisotopic (exact) mass is 725 g/mol. The number of carbonyl (C=O) groups is 3. The van der Waals surface area contributed by atoms with E-state index in [-0.39, 0.29) is 23.3 Å². The molecular formula is C37H63N3O9S. The highest BCUT2D eigenvalue weighted by atomic mass is 32.1. The second kappa shape index (κ2) is 23.0. The molecule has 0 saturated carbocycles. The smallest absolute Gasteiger partial charge is 0.331 e. The summed E-state index contributed by atoms with van der Waals surface area (Å²) in [5, 5.41) is 15.6. The standard InChI is InChI=1S/C37H63N3O9S/c1-26(2)30(24-27(3)35(43)44)40(10)34(42)32(36(4,5)6)39-33(41)31(38-9)37(7,8)28-12-11-13-29(25-28)49-21-20-47-17-16-45-14-15-46-18-19-48-22-23-50/h11-13,24-26,30-32,38,50H,14-23H2,1-10H3,(H,39,41)(H,43,44)/t30-,31-,32-/m1/s1. The quantitative estimate of drug-likeness (QED) is 0.0664. The summed E-state index contributed by atoms with van der Waals surface area (Å²) in [6, 6.07) is 5.56. The van der Waals surface area contributed by atoms with Crippen molar-refractivity contribution in [3.05, 3.63) is 41.5 Å². The number of nitrogens with zero attached hydrogens (tertiary/aromatic N) is 1. The predicted molar refractivity (Wildman–Crippen MR) is 199 cm³/mol. The Bertz CT molecular complexity index is 1200. The van der Waals surface area contributed by atoms with Gasteiger partial charge in [0.2, 0.25) is 11.8 Å². The topological polar surface area (TPSA) is 145 Å². The number of rotatable bonds is 25. The van der Waals surface area contributed by atoms with E-state index < -0.39 is 34.9 Å². The number of aliphatic carboxylic acids is 1. The van der Waals surface area contributed by atoms with Gasteiger partial charge in [0.05, 0.1) is 64.9 Å². The highest BCUT2D eigenvalue weighted by molar-refractivity contribution is 7.80. The Kier molecular flexibility index (Phi) is 20.9. The molecule has 0 saturated heterocycles. The first-order valence-corrected chi connectivity index (χ1v) is 17.9. The molecule has 0 bridgehead atoms. The van der Waals surface area contributed by atoms with E-state index in [2.05, 4.69) is 23.3 Å². The number of carbonyl (C=O) groups excluding carboxylic acids is 2. The molecule has 50 heavy (non-hydrogen) atoms. The molecule has 3 N–H and O–H groups in total. The average molecular weight is 726 g/mol. The lowest BCUT2D eigenvalue weighted by Gasteiger charge is -2.40. The van der Waals surface area contributed by atoms with Crippen molar-refractivity contribution in [2.24, 2.45) is 11.3 Å². The first-order chi connectivity index (χ1) is 23.5. The number of nitrogens with one attached hydrogen (secondary N) is 2. The van der Waals surface area contributed by atoms with Gasteiger partial charge in [0.25, 0.3) is 0 Å². The molecule has 2 amide bonds. The molecule has 0 aliphatic rings. The molecule has 13 heteroatoms. The zero-order valence-electron chi connectivity index (χ0n) is 31.9.